The van der Waals surface area contributed by atoms with Crippen molar-refractivity contribution >= 4 is 0 Å². The second kappa shape index (κ2) is 5.26. The number of hydrogen-bond donors (Lipinski definition) is 1. The molecule has 0 bridgehead atoms. The van der Waals surface area contributed by atoms with Crippen LogP contribution in [0, 0.1) is 0 Å². The van der Waals surface area contributed by atoms with Crippen LogP contribution in [0.2, 0.25) is 0 Å². The third-order valence-corrected chi connectivity index (χ3v) is 3.38. The van der Waals surface area contributed by atoms with Gasteiger partial charge in [0.15, 0.2) is 6.29 Å². The number of ether oxygens (including phenoxy) is 3. The molecule has 0 saturated carbocycles. The molecule has 2 rings (SSSR count). The molecule has 1 aromatic rings. The average Bonchev–Trinajstić information content (AvgIpc) is 2.83. The monoisotopic (exact) mass is 252 g/mol. The van der Waals surface area contributed by atoms with Gasteiger partial charge in [0.05, 0.1) is 12.2 Å². The fourth-order valence-electron chi connectivity index (χ4n) is 2.34. The fourth-order valence-corrected chi connectivity index (χ4v) is 2.34. The standard InChI is InChI=1S/C14H20O4/c1-14(15,9-12(16-2)17-3)11-6-4-5-10-7-8-18-13(10)11/h4-6,12,15H,7-9H2,1-3H3. The molecular formula is C14H20O4. The van der Waals surface area contributed by atoms with Crippen molar-refractivity contribution in [2.45, 2.75) is 31.7 Å². The highest BCUT2D eigenvalue weighted by molar-refractivity contribution is 5.46. The van der Waals surface area contributed by atoms with Crippen molar-refractivity contribution in [3.63, 3.8) is 0 Å². The van der Waals surface area contributed by atoms with Crippen molar-refractivity contribution in [3.05, 3.63) is 29.3 Å². The predicted octanol–water partition coefficient (Wildman–Crippen LogP) is 1.84. The van der Waals surface area contributed by atoms with Gasteiger partial charge in [-0.2, -0.15) is 0 Å². The molecule has 4 nitrogen and oxygen atoms in total. The molecule has 0 saturated heterocycles. The van der Waals surface area contributed by atoms with Gasteiger partial charge < -0.3 is 19.3 Å². The van der Waals surface area contributed by atoms with Crippen molar-refractivity contribution in [3.8, 4) is 5.75 Å². The second-order valence-corrected chi connectivity index (χ2v) is 4.77. The Morgan fingerprint density at radius 2 is 2.11 bits per heavy atom. The van der Waals surface area contributed by atoms with Gasteiger partial charge in [-0.15, -0.1) is 0 Å². The first-order valence-electron chi connectivity index (χ1n) is 6.11. The molecular weight excluding hydrogens is 232 g/mol. The van der Waals surface area contributed by atoms with E-state index in [1.165, 1.54) is 0 Å². The van der Waals surface area contributed by atoms with Gasteiger partial charge in [0, 0.05) is 32.6 Å². The van der Waals surface area contributed by atoms with Gasteiger partial charge in [-0.3, -0.25) is 0 Å². The molecule has 1 aliphatic heterocycles. The molecule has 1 aliphatic rings. The maximum absolute atomic E-state index is 10.6. The molecule has 0 amide bonds. The number of hydrogen-bond acceptors (Lipinski definition) is 4. The van der Waals surface area contributed by atoms with Crippen LogP contribution in [0.1, 0.15) is 24.5 Å². The minimum atomic E-state index is -1.04. The van der Waals surface area contributed by atoms with Crippen LogP contribution in [0.25, 0.3) is 0 Å². The molecule has 1 unspecified atom stereocenters. The molecule has 18 heavy (non-hydrogen) atoms. The third-order valence-electron chi connectivity index (χ3n) is 3.38. The summed E-state index contributed by atoms with van der Waals surface area (Å²) in [5, 5.41) is 10.6. The summed E-state index contributed by atoms with van der Waals surface area (Å²) in [4.78, 5) is 0. The van der Waals surface area contributed by atoms with Gasteiger partial charge in [0.1, 0.15) is 5.75 Å². The molecule has 1 atom stereocenters. The van der Waals surface area contributed by atoms with E-state index in [0.717, 1.165) is 23.3 Å². The lowest BCUT2D eigenvalue weighted by Gasteiger charge is -2.28. The summed E-state index contributed by atoms with van der Waals surface area (Å²) in [6, 6.07) is 5.88. The zero-order chi connectivity index (χ0) is 13.2. The van der Waals surface area contributed by atoms with E-state index >= 15 is 0 Å². The number of rotatable bonds is 5. The molecule has 100 valence electrons. The summed E-state index contributed by atoms with van der Waals surface area (Å²) in [7, 11) is 3.13. The van der Waals surface area contributed by atoms with Crippen LogP contribution < -0.4 is 4.74 Å². The zero-order valence-electron chi connectivity index (χ0n) is 11.1. The number of para-hydroxylation sites is 1. The summed E-state index contributed by atoms with van der Waals surface area (Å²) in [5.74, 6) is 0.813. The van der Waals surface area contributed by atoms with Crippen LogP contribution in [0.4, 0.5) is 0 Å². The molecule has 0 aliphatic carbocycles. The number of fused-ring (bicyclic) bond motifs is 1. The largest absolute Gasteiger partial charge is 0.493 e. The van der Waals surface area contributed by atoms with E-state index in [2.05, 4.69) is 0 Å². The van der Waals surface area contributed by atoms with Crippen LogP contribution in [0.15, 0.2) is 18.2 Å². The van der Waals surface area contributed by atoms with E-state index in [-0.39, 0.29) is 0 Å². The summed E-state index contributed by atoms with van der Waals surface area (Å²) >= 11 is 0. The first-order valence-corrected chi connectivity index (χ1v) is 6.11. The lowest BCUT2D eigenvalue weighted by Crippen LogP contribution is -2.30. The smallest absolute Gasteiger partial charge is 0.159 e. The quantitative estimate of drug-likeness (QED) is 0.812. The average molecular weight is 252 g/mol. The second-order valence-electron chi connectivity index (χ2n) is 4.77. The first kappa shape index (κ1) is 13.3. The van der Waals surface area contributed by atoms with Crippen molar-refractivity contribution in [2.75, 3.05) is 20.8 Å². The van der Waals surface area contributed by atoms with E-state index in [4.69, 9.17) is 14.2 Å². The maximum atomic E-state index is 10.6. The van der Waals surface area contributed by atoms with Crippen molar-refractivity contribution in [1.29, 1.82) is 0 Å². The van der Waals surface area contributed by atoms with E-state index in [9.17, 15) is 5.11 Å². The Labute approximate surface area is 107 Å². The SMILES string of the molecule is COC(CC(C)(O)c1cccc2c1OCC2)OC. The van der Waals surface area contributed by atoms with E-state index in [0.29, 0.717) is 13.0 Å². The molecule has 1 N–H and O–H groups in total. The molecule has 1 aromatic carbocycles. The summed E-state index contributed by atoms with van der Waals surface area (Å²) < 4.78 is 15.9. The normalized spacial score (nSPS) is 17.4. The molecule has 0 fully saturated rings. The Morgan fingerprint density at radius 3 is 2.78 bits per heavy atom. The van der Waals surface area contributed by atoms with Crippen molar-refractivity contribution in [1.82, 2.24) is 0 Å². The minimum Gasteiger partial charge on any atom is -0.493 e. The Morgan fingerprint density at radius 1 is 1.39 bits per heavy atom. The van der Waals surface area contributed by atoms with Gasteiger partial charge >= 0.3 is 0 Å². The lowest BCUT2D eigenvalue weighted by atomic mass is 9.90. The number of methoxy groups -OCH3 is 2. The van der Waals surface area contributed by atoms with Gasteiger partial charge in [-0.1, -0.05) is 18.2 Å². The van der Waals surface area contributed by atoms with Crippen molar-refractivity contribution in [2.24, 2.45) is 0 Å². The number of aliphatic hydroxyl groups is 1. The Kier molecular flexibility index (Phi) is 3.90. The zero-order valence-corrected chi connectivity index (χ0v) is 11.1. The molecule has 1 heterocycles. The van der Waals surface area contributed by atoms with E-state index < -0.39 is 11.9 Å². The Hall–Kier alpha value is -1.10. The molecule has 4 heteroatoms. The summed E-state index contributed by atoms with van der Waals surface area (Å²) in [5.41, 5.74) is 0.919. The van der Waals surface area contributed by atoms with Gasteiger partial charge in [-0.25, -0.2) is 0 Å². The maximum Gasteiger partial charge on any atom is 0.159 e. The lowest BCUT2D eigenvalue weighted by molar-refractivity contribution is -0.142. The van der Waals surface area contributed by atoms with Crippen LogP contribution >= 0.6 is 0 Å². The molecule has 0 radical (unpaired) electrons. The van der Waals surface area contributed by atoms with Crippen LogP contribution in [0.5, 0.6) is 5.75 Å². The predicted molar refractivity (Wildman–Crippen MR) is 67.6 cm³/mol. The minimum absolute atomic E-state index is 0.361. The van der Waals surface area contributed by atoms with Crippen molar-refractivity contribution < 1.29 is 19.3 Å². The third kappa shape index (κ3) is 2.51. The van der Waals surface area contributed by atoms with Crippen LogP contribution in [0.3, 0.4) is 0 Å². The summed E-state index contributed by atoms with van der Waals surface area (Å²) in [6.45, 7) is 2.44. The van der Waals surface area contributed by atoms with Gasteiger partial charge in [0.25, 0.3) is 0 Å². The Bertz CT molecular complexity index is 410. The summed E-state index contributed by atoms with van der Waals surface area (Å²) in [6.07, 6.45) is 0.828. The van der Waals surface area contributed by atoms with Gasteiger partial charge in [-0.05, 0) is 12.5 Å². The molecule has 0 aromatic heterocycles. The highest BCUT2D eigenvalue weighted by Crippen LogP contribution is 2.38. The van der Waals surface area contributed by atoms with E-state index in [1.54, 1.807) is 21.1 Å². The molecule has 0 spiro atoms. The van der Waals surface area contributed by atoms with Gasteiger partial charge in [0.2, 0.25) is 0 Å². The fraction of sp³-hybridized carbons (Fsp3) is 0.571. The highest BCUT2D eigenvalue weighted by Gasteiger charge is 2.32. The first-order chi connectivity index (χ1) is 8.58. The topological polar surface area (TPSA) is 47.9 Å². The van der Waals surface area contributed by atoms with Crippen LogP contribution in [-0.2, 0) is 21.5 Å². The number of benzene rings is 1. The van der Waals surface area contributed by atoms with Crippen LogP contribution in [-0.4, -0.2) is 32.2 Å². The Balaban J connectivity index is 2.27. The highest BCUT2D eigenvalue weighted by atomic mass is 16.7. The van der Waals surface area contributed by atoms with E-state index in [1.807, 2.05) is 18.2 Å².